The Morgan fingerprint density at radius 1 is 0.833 bits per heavy atom. The van der Waals surface area contributed by atoms with Gasteiger partial charge in [-0.25, -0.2) is 0 Å². The van der Waals surface area contributed by atoms with Crippen molar-refractivity contribution in [3.63, 3.8) is 0 Å². The minimum Gasteiger partial charge on any atom is -0.392 e. The third-order valence-electron chi connectivity index (χ3n) is 2.53. The normalized spacial score (nSPS) is 24.2. The van der Waals surface area contributed by atoms with Gasteiger partial charge in [-0.05, 0) is 11.8 Å². The zero-order chi connectivity index (χ0) is 9.89. The highest BCUT2D eigenvalue weighted by molar-refractivity contribution is 14.1. The first kappa shape index (κ1) is 13.4. The Hall–Kier alpha value is 1.42. The van der Waals surface area contributed by atoms with Gasteiger partial charge in [0.1, 0.15) is 0 Å². The van der Waals surface area contributed by atoms with Crippen LogP contribution in [-0.2, 0) is 0 Å². The van der Waals surface area contributed by atoms with Crippen LogP contribution in [0.2, 0.25) is 0 Å². The van der Waals surface area contributed by atoms with Gasteiger partial charge in [0, 0.05) is 7.85 Å². The van der Waals surface area contributed by atoms with E-state index in [-0.39, 0.29) is 6.10 Å². The molecule has 4 unspecified atom stereocenters. The van der Waals surface area contributed by atoms with Crippen LogP contribution in [0.4, 0.5) is 0 Å². The molecule has 1 nitrogen and oxygen atoms in total. The summed E-state index contributed by atoms with van der Waals surface area (Å²) in [5.74, 6) is 0.774. The summed E-state index contributed by atoms with van der Waals surface area (Å²) < 4.78 is 1.07. The standard InChI is InChI=1S/C9H18I2O/c1-5(7(3)10)9(12)6(2)8(4)11/h5-9,12H,1-4H3. The Bertz CT molecular complexity index is 112. The molecular formula is C9H18I2O. The smallest absolute Gasteiger partial charge is 0.0611 e. The van der Waals surface area contributed by atoms with Crippen molar-refractivity contribution in [3.05, 3.63) is 0 Å². The predicted molar refractivity (Wildman–Crippen MR) is 71.3 cm³/mol. The number of hydrogen-bond acceptors (Lipinski definition) is 1. The molecule has 0 rings (SSSR count). The first-order chi connectivity index (χ1) is 5.37. The summed E-state index contributed by atoms with van der Waals surface area (Å²) in [6.07, 6.45) is -0.163. The molecule has 0 aliphatic carbocycles. The predicted octanol–water partition coefficient (Wildman–Crippen LogP) is 3.27. The lowest BCUT2D eigenvalue weighted by molar-refractivity contribution is 0.0696. The molecule has 0 radical (unpaired) electrons. The molecule has 0 aliphatic heterocycles. The minimum absolute atomic E-state index is 0.163. The van der Waals surface area contributed by atoms with Crippen molar-refractivity contribution in [1.82, 2.24) is 0 Å². The lowest BCUT2D eigenvalue weighted by Gasteiger charge is -2.28. The largest absolute Gasteiger partial charge is 0.392 e. The van der Waals surface area contributed by atoms with Gasteiger partial charge < -0.3 is 5.11 Å². The quantitative estimate of drug-likeness (QED) is 0.572. The Labute approximate surface area is 103 Å². The summed E-state index contributed by atoms with van der Waals surface area (Å²) in [6.45, 7) is 8.55. The first-order valence-corrected chi connectivity index (χ1v) is 6.83. The average molecular weight is 396 g/mol. The van der Waals surface area contributed by atoms with Crippen LogP contribution >= 0.6 is 45.2 Å². The molecule has 0 fully saturated rings. The molecule has 1 N–H and O–H groups in total. The van der Waals surface area contributed by atoms with Crippen LogP contribution in [0.15, 0.2) is 0 Å². The summed E-state index contributed by atoms with van der Waals surface area (Å²) in [6, 6.07) is 0. The fraction of sp³-hybridized carbons (Fsp3) is 1.00. The number of aliphatic hydroxyl groups excluding tert-OH is 1. The lowest BCUT2D eigenvalue weighted by Crippen LogP contribution is -2.33. The van der Waals surface area contributed by atoms with E-state index in [0.717, 1.165) is 0 Å². The molecule has 0 spiro atoms. The van der Waals surface area contributed by atoms with E-state index in [1.165, 1.54) is 0 Å². The van der Waals surface area contributed by atoms with Crippen molar-refractivity contribution in [3.8, 4) is 0 Å². The van der Waals surface area contributed by atoms with Gasteiger partial charge in [-0.3, -0.25) is 0 Å². The Morgan fingerprint density at radius 3 is 1.25 bits per heavy atom. The average Bonchev–Trinajstić information content (AvgIpc) is 2.00. The van der Waals surface area contributed by atoms with Crippen molar-refractivity contribution in [2.75, 3.05) is 0 Å². The molecule has 0 bridgehead atoms. The maximum absolute atomic E-state index is 9.92. The third-order valence-corrected chi connectivity index (χ3v) is 4.80. The summed E-state index contributed by atoms with van der Waals surface area (Å²) in [7, 11) is 0. The number of rotatable bonds is 4. The molecule has 0 aromatic heterocycles. The molecule has 0 aromatic carbocycles. The van der Waals surface area contributed by atoms with E-state index in [4.69, 9.17) is 0 Å². The van der Waals surface area contributed by atoms with E-state index in [1.807, 2.05) is 0 Å². The number of alkyl halides is 2. The zero-order valence-electron chi connectivity index (χ0n) is 8.09. The molecule has 0 saturated heterocycles. The van der Waals surface area contributed by atoms with Crippen LogP contribution in [0.3, 0.4) is 0 Å². The fourth-order valence-corrected chi connectivity index (χ4v) is 1.87. The molecule has 12 heavy (non-hydrogen) atoms. The Kier molecular flexibility index (Phi) is 6.72. The van der Waals surface area contributed by atoms with E-state index >= 15 is 0 Å². The van der Waals surface area contributed by atoms with E-state index in [0.29, 0.717) is 19.7 Å². The SMILES string of the molecule is CC(I)C(C)C(O)C(C)C(C)I. The maximum Gasteiger partial charge on any atom is 0.0611 e. The Balaban J connectivity index is 4.08. The highest BCUT2D eigenvalue weighted by Crippen LogP contribution is 2.26. The summed E-state index contributed by atoms with van der Waals surface area (Å²) in [5.41, 5.74) is 0. The van der Waals surface area contributed by atoms with E-state index < -0.39 is 0 Å². The van der Waals surface area contributed by atoms with Gasteiger partial charge in [0.15, 0.2) is 0 Å². The third kappa shape index (κ3) is 4.09. The first-order valence-electron chi connectivity index (χ1n) is 4.34. The molecule has 74 valence electrons. The molecular weight excluding hydrogens is 378 g/mol. The van der Waals surface area contributed by atoms with Gasteiger partial charge >= 0.3 is 0 Å². The monoisotopic (exact) mass is 396 g/mol. The van der Waals surface area contributed by atoms with Crippen LogP contribution < -0.4 is 0 Å². The highest BCUT2D eigenvalue weighted by atomic mass is 127. The number of halogens is 2. The second kappa shape index (κ2) is 6.01. The molecule has 0 amide bonds. The van der Waals surface area contributed by atoms with Crippen LogP contribution in [-0.4, -0.2) is 19.1 Å². The lowest BCUT2D eigenvalue weighted by atomic mass is 9.90. The molecule has 0 saturated carbocycles. The Morgan fingerprint density at radius 2 is 1.08 bits per heavy atom. The molecule has 3 heteroatoms. The second-order valence-corrected chi connectivity index (χ2v) is 7.49. The summed E-state index contributed by atoms with van der Waals surface area (Å²) in [5, 5.41) is 9.92. The van der Waals surface area contributed by atoms with Crippen LogP contribution in [0.1, 0.15) is 27.7 Å². The van der Waals surface area contributed by atoms with Crippen molar-refractivity contribution in [2.24, 2.45) is 11.8 Å². The number of aliphatic hydroxyl groups is 1. The van der Waals surface area contributed by atoms with E-state index in [9.17, 15) is 5.11 Å². The van der Waals surface area contributed by atoms with E-state index in [1.54, 1.807) is 0 Å². The van der Waals surface area contributed by atoms with Gasteiger partial charge in [0.25, 0.3) is 0 Å². The maximum atomic E-state index is 9.92. The second-order valence-electron chi connectivity index (χ2n) is 3.56. The van der Waals surface area contributed by atoms with Crippen molar-refractivity contribution in [1.29, 1.82) is 0 Å². The van der Waals surface area contributed by atoms with E-state index in [2.05, 4.69) is 72.9 Å². The molecule has 0 aliphatic rings. The minimum atomic E-state index is -0.163. The van der Waals surface area contributed by atoms with Crippen LogP contribution in [0, 0.1) is 11.8 Å². The van der Waals surface area contributed by atoms with Gasteiger partial charge in [-0.2, -0.15) is 0 Å². The molecule has 0 heterocycles. The van der Waals surface area contributed by atoms with Gasteiger partial charge in [-0.1, -0.05) is 72.9 Å². The topological polar surface area (TPSA) is 20.2 Å². The fourth-order valence-electron chi connectivity index (χ4n) is 1.02. The summed E-state index contributed by atoms with van der Waals surface area (Å²) >= 11 is 4.76. The zero-order valence-corrected chi connectivity index (χ0v) is 12.4. The summed E-state index contributed by atoms with van der Waals surface area (Å²) in [4.78, 5) is 0. The molecule has 0 aromatic rings. The highest BCUT2D eigenvalue weighted by Gasteiger charge is 2.26. The molecule has 4 atom stereocenters. The van der Waals surface area contributed by atoms with Crippen molar-refractivity contribution >= 4 is 45.2 Å². The van der Waals surface area contributed by atoms with Gasteiger partial charge in [-0.15, -0.1) is 0 Å². The number of hydrogen-bond donors (Lipinski definition) is 1. The van der Waals surface area contributed by atoms with Crippen LogP contribution in [0.25, 0.3) is 0 Å². The van der Waals surface area contributed by atoms with Crippen molar-refractivity contribution < 1.29 is 5.11 Å². The van der Waals surface area contributed by atoms with Crippen molar-refractivity contribution in [2.45, 2.75) is 41.6 Å². The van der Waals surface area contributed by atoms with Gasteiger partial charge in [0.05, 0.1) is 6.10 Å². The van der Waals surface area contributed by atoms with Gasteiger partial charge in [0.2, 0.25) is 0 Å². The van der Waals surface area contributed by atoms with Crippen LogP contribution in [0.5, 0.6) is 0 Å².